The lowest BCUT2D eigenvalue weighted by molar-refractivity contribution is 0.0952. The molecule has 1 unspecified atom stereocenters. The first-order valence-corrected chi connectivity index (χ1v) is 7.19. The van der Waals surface area contributed by atoms with Crippen LogP contribution in [0.15, 0.2) is 0 Å². The van der Waals surface area contributed by atoms with Gasteiger partial charge in [-0.2, -0.15) is 0 Å². The van der Waals surface area contributed by atoms with Gasteiger partial charge in [0.2, 0.25) is 0 Å². The quantitative estimate of drug-likeness (QED) is 0.840. The second-order valence-corrected chi connectivity index (χ2v) is 6.21. The molecule has 19 heavy (non-hydrogen) atoms. The van der Waals surface area contributed by atoms with Crippen LogP contribution in [0.3, 0.4) is 0 Å². The second kappa shape index (κ2) is 5.75. The third-order valence-electron chi connectivity index (χ3n) is 3.27. The maximum atomic E-state index is 12.1. The van der Waals surface area contributed by atoms with Gasteiger partial charge >= 0.3 is 0 Å². The van der Waals surface area contributed by atoms with Gasteiger partial charge in [-0.05, 0) is 25.9 Å². The standard InChI is InChI=1S/C12H21N5OS/c1-16(2)12-15-10(13)9(19-12)11(18)14-6-8-4-5-17(3)7-8/h8H,4-7,13H2,1-3H3,(H,14,18). The first kappa shape index (κ1) is 14.1. The number of carbonyl (C=O) groups excluding carboxylic acids is 1. The molecule has 3 N–H and O–H groups in total. The van der Waals surface area contributed by atoms with Crippen molar-refractivity contribution in [2.45, 2.75) is 6.42 Å². The van der Waals surface area contributed by atoms with Crippen molar-refractivity contribution < 1.29 is 4.79 Å². The van der Waals surface area contributed by atoms with E-state index in [-0.39, 0.29) is 5.91 Å². The van der Waals surface area contributed by atoms with E-state index in [1.54, 1.807) is 0 Å². The molecule has 0 spiro atoms. The van der Waals surface area contributed by atoms with Crippen LogP contribution in [-0.2, 0) is 0 Å². The maximum absolute atomic E-state index is 12.1. The number of nitrogens with zero attached hydrogens (tertiary/aromatic N) is 3. The Labute approximate surface area is 117 Å². The van der Waals surface area contributed by atoms with Gasteiger partial charge in [-0.1, -0.05) is 11.3 Å². The number of anilines is 2. The van der Waals surface area contributed by atoms with Crippen molar-refractivity contribution in [2.24, 2.45) is 5.92 Å². The summed E-state index contributed by atoms with van der Waals surface area (Å²) in [7, 11) is 5.87. The molecule has 7 heteroatoms. The van der Waals surface area contributed by atoms with Crippen LogP contribution in [0.4, 0.5) is 10.9 Å². The van der Waals surface area contributed by atoms with E-state index < -0.39 is 0 Å². The number of hydrogen-bond acceptors (Lipinski definition) is 6. The van der Waals surface area contributed by atoms with Gasteiger partial charge in [0.15, 0.2) is 5.13 Å². The predicted octanol–water partition coefficient (Wildman–Crippen LogP) is 0.473. The van der Waals surface area contributed by atoms with Crippen molar-refractivity contribution in [3.63, 3.8) is 0 Å². The maximum Gasteiger partial charge on any atom is 0.265 e. The Kier molecular flexibility index (Phi) is 4.26. The number of nitrogen functional groups attached to an aromatic ring is 1. The van der Waals surface area contributed by atoms with E-state index in [2.05, 4.69) is 22.2 Å². The van der Waals surface area contributed by atoms with Crippen LogP contribution in [0, 0.1) is 5.92 Å². The van der Waals surface area contributed by atoms with Crippen LogP contribution in [0.5, 0.6) is 0 Å². The van der Waals surface area contributed by atoms with Crippen molar-refractivity contribution in [1.82, 2.24) is 15.2 Å². The van der Waals surface area contributed by atoms with Crippen LogP contribution in [0.2, 0.25) is 0 Å². The minimum absolute atomic E-state index is 0.113. The molecule has 0 radical (unpaired) electrons. The van der Waals surface area contributed by atoms with E-state index in [4.69, 9.17) is 5.73 Å². The summed E-state index contributed by atoms with van der Waals surface area (Å²) in [6, 6.07) is 0. The minimum atomic E-state index is -0.113. The van der Waals surface area contributed by atoms with Gasteiger partial charge in [0.05, 0.1) is 0 Å². The Morgan fingerprint density at radius 3 is 2.89 bits per heavy atom. The third kappa shape index (κ3) is 3.36. The number of carbonyl (C=O) groups is 1. The molecule has 0 bridgehead atoms. The van der Waals surface area contributed by atoms with E-state index in [1.165, 1.54) is 11.3 Å². The van der Waals surface area contributed by atoms with Gasteiger partial charge in [-0.3, -0.25) is 4.79 Å². The zero-order chi connectivity index (χ0) is 14.0. The summed E-state index contributed by atoms with van der Waals surface area (Å²) in [6.45, 7) is 2.85. The minimum Gasteiger partial charge on any atom is -0.382 e. The molecule has 1 aliphatic rings. The van der Waals surface area contributed by atoms with Gasteiger partial charge in [-0.25, -0.2) is 4.98 Å². The summed E-state index contributed by atoms with van der Waals surface area (Å²) in [5.41, 5.74) is 5.79. The Morgan fingerprint density at radius 2 is 2.37 bits per heavy atom. The zero-order valence-electron chi connectivity index (χ0n) is 11.6. The summed E-state index contributed by atoms with van der Waals surface area (Å²) in [4.78, 5) is 20.9. The number of amides is 1. The fraction of sp³-hybridized carbons (Fsp3) is 0.667. The van der Waals surface area contributed by atoms with Crippen molar-refractivity contribution in [1.29, 1.82) is 0 Å². The lowest BCUT2D eigenvalue weighted by atomic mass is 10.1. The normalized spacial score (nSPS) is 19.6. The SMILES string of the molecule is CN1CCC(CNC(=O)c2sc(N(C)C)nc2N)C1. The largest absolute Gasteiger partial charge is 0.382 e. The topological polar surface area (TPSA) is 74.5 Å². The summed E-state index contributed by atoms with van der Waals surface area (Å²) in [5, 5.41) is 3.71. The molecule has 6 nitrogen and oxygen atoms in total. The van der Waals surface area contributed by atoms with E-state index in [1.807, 2.05) is 19.0 Å². The molecule has 0 aromatic carbocycles. The van der Waals surface area contributed by atoms with Crippen LogP contribution in [0.1, 0.15) is 16.1 Å². The summed E-state index contributed by atoms with van der Waals surface area (Å²) in [5.74, 6) is 0.740. The molecule has 2 heterocycles. The lowest BCUT2D eigenvalue weighted by Crippen LogP contribution is -2.30. The molecule has 1 aromatic rings. The average molecular weight is 283 g/mol. The highest BCUT2D eigenvalue weighted by atomic mass is 32.1. The smallest absolute Gasteiger partial charge is 0.265 e. The summed E-state index contributed by atoms with van der Waals surface area (Å²) < 4.78 is 0. The van der Waals surface area contributed by atoms with Gasteiger partial charge in [-0.15, -0.1) is 0 Å². The lowest BCUT2D eigenvalue weighted by Gasteiger charge is -2.11. The molecular formula is C12H21N5OS. The predicted molar refractivity (Wildman–Crippen MR) is 78.8 cm³/mol. The number of rotatable bonds is 4. The van der Waals surface area contributed by atoms with Gasteiger partial charge in [0.1, 0.15) is 10.7 Å². The number of nitrogens with two attached hydrogens (primary N) is 1. The molecule has 1 amide bonds. The Balaban J connectivity index is 1.92. The fourth-order valence-electron chi connectivity index (χ4n) is 2.18. The van der Waals surface area contributed by atoms with Crippen molar-refractivity contribution in [3.8, 4) is 0 Å². The van der Waals surface area contributed by atoms with Crippen LogP contribution in [-0.4, -0.2) is 56.6 Å². The summed E-state index contributed by atoms with van der Waals surface area (Å²) in [6.07, 6.45) is 1.14. The number of hydrogen-bond donors (Lipinski definition) is 2. The van der Waals surface area contributed by atoms with E-state index in [9.17, 15) is 4.79 Å². The van der Waals surface area contributed by atoms with E-state index in [0.29, 0.717) is 23.2 Å². The van der Waals surface area contributed by atoms with Crippen LogP contribution in [0.25, 0.3) is 0 Å². The number of thiazole rings is 1. The first-order chi connectivity index (χ1) is 8.97. The Hall–Kier alpha value is -1.34. The molecule has 2 rings (SSSR count). The molecule has 1 aliphatic heterocycles. The van der Waals surface area contributed by atoms with E-state index in [0.717, 1.165) is 24.6 Å². The highest BCUT2D eigenvalue weighted by Crippen LogP contribution is 2.26. The molecule has 0 saturated carbocycles. The first-order valence-electron chi connectivity index (χ1n) is 6.37. The molecule has 1 atom stereocenters. The van der Waals surface area contributed by atoms with Crippen molar-refractivity contribution in [2.75, 3.05) is 51.4 Å². The van der Waals surface area contributed by atoms with Gasteiger partial charge in [0, 0.05) is 27.2 Å². The highest BCUT2D eigenvalue weighted by molar-refractivity contribution is 7.18. The fourth-order valence-corrected chi connectivity index (χ4v) is 3.01. The molecular weight excluding hydrogens is 262 g/mol. The Bertz CT molecular complexity index is 459. The average Bonchev–Trinajstić information content (AvgIpc) is 2.92. The second-order valence-electron chi connectivity index (χ2n) is 5.23. The molecule has 106 valence electrons. The van der Waals surface area contributed by atoms with Crippen LogP contribution >= 0.6 is 11.3 Å². The molecule has 1 fully saturated rings. The molecule has 0 aliphatic carbocycles. The van der Waals surface area contributed by atoms with Crippen molar-refractivity contribution in [3.05, 3.63) is 4.88 Å². The molecule has 1 aromatic heterocycles. The highest BCUT2D eigenvalue weighted by Gasteiger charge is 2.22. The molecule has 1 saturated heterocycles. The number of nitrogens with one attached hydrogen (secondary N) is 1. The van der Waals surface area contributed by atoms with Gasteiger partial charge in [0.25, 0.3) is 5.91 Å². The number of likely N-dealkylation sites (tertiary alicyclic amines) is 1. The van der Waals surface area contributed by atoms with E-state index >= 15 is 0 Å². The monoisotopic (exact) mass is 283 g/mol. The Morgan fingerprint density at radius 1 is 1.63 bits per heavy atom. The van der Waals surface area contributed by atoms with Crippen LogP contribution < -0.4 is 16.0 Å². The number of aromatic nitrogens is 1. The van der Waals surface area contributed by atoms with Gasteiger partial charge < -0.3 is 20.9 Å². The zero-order valence-corrected chi connectivity index (χ0v) is 12.5. The third-order valence-corrected chi connectivity index (χ3v) is 4.51. The van der Waals surface area contributed by atoms with Crippen molar-refractivity contribution >= 4 is 28.2 Å². The summed E-state index contributed by atoms with van der Waals surface area (Å²) >= 11 is 1.33.